The largest absolute Gasteiger partial charge is 0.454 e. The summed E-state index contributed by atoms with van der Waals surface area (Å²) in [5.41, 5.74) is 2.98. The summed E-state index contributed by atoms with van der Waals surface area (Å²) in [6.07, 6.45) is 1.66. The minimum atomic E-state index is -0.481. The number of hydrogen-bond donors (Lipinski definition) is 1. The highest BCUT2D eigenvalue weighted by Gasteiger charge is 2.35. The molecule has 2 aliphatic rings. The summed E-state index contributed by atoms with van der Waals surface area (Å²) in [5.74, 6) is 2.02. The number of hydrogen-bond acceptors (Lipinski definition) is 6. The number of amides is 2. The van der Waals surface area contributed by atoms with E-state index in [4.69, 9.17) is 25.6 Å². The summed E-state index contributed by atoms with van der Waals surface area (Å²) < 4.78 is 16.5. The van der Waals surface area contributed by atoms with Gasteiger partial charge < -0.3 is 19.3 Å². The first kappa shape index (κ1) is 20.1. The Bertz CT molecular complexity index is 1240. The number of carbonyl (C=O) groups excluding carboxylic acids is 1. The molecule has 3 aromatic rings. The summed E-state index contributed by atoms with van der Waals surface area (Å²) in [4.78, 5) is 19.0. The Hall–Kier alpha value is -3.78. The van der Waals surface area contributed by atoms with Crippen LogP contribution in [0, 0.1) is 0 Å². The minimum Gasteiger partial charge on any atom is -0.454 e. The smallest absolute Gasteiger partial charge is 0.322 e. The van der Waals surface area contributed by atoms with Gasteiger partial charge in [-0.1, -0.05) is 35.0 Å². The van der Waals surface area contributed by atoms with Crippen molar-refractivity contribution < 1.29 is 18.8 Å². The van der Waals surface area contributed by atoms with Gasteiger partial charge in [-0.15, -0.1) is 6.58 Å². The molecule has 8 nitrogen and oxygen atoms in total. The number of benzene rings is 2. The van der Waals surface area contributed by atoms with Gasteiger partial charge in [0.1, 0.15) is 0 Å². The number of rotatable bonds is 5. The van der Waals surface area contributed by atoms with E-state index in [9.17, 15) is 4.79 Å². The Labute approximate surface area is 189 Å². The van der Waals surface area contributed by atoms with Gasteiger partial charge in [-0.2, -0.15) is 4.98 Å². The topological polar surface area (TPSA) is 89.7 Å². The summed E-state index contributed by atoms with van der Waals surface area (Å²) in [7, 11) is 0. The Morgan fingerprint density at radius 1 is 1.22 bits per heavy atom. The van der Waals surface area contributed by atoms with Crippen LogP contribution >= 0.6 is 11.6 Å². The second kappa shape index (κ2) is 8.05. The van der Waals surface area contributed by atoms with E-state index in [2.05, 4.69) is 22.0 Å². The molecule has 0 saturated carbocycles. The number of nitrogens with one attached hydrogen (secondary N) is 1. The Balaban J connectivity index is 1.58. The van der Waals surface area contributed by atoms with Crippen LogP contribution < -0.4 is 14.8 Å². The Morgan fingerprint density at radius 2 is 2.00 bits per heavy atom. The van der Waals surface area contributed by atoms with Gasteiger partial charge in [0.15, 0.2) is 11.5 Å². The molecule has 0 spiro atoms. The van der Waals surface area contributed by atoms with Gasteiger partial charge in [0, 0.05) is 22.8 Å². The maximum Gasteiger partial charge on any atom is 0.322 e. The molecule has 5 rings (SSSR count). The van der Waals surface area contributed by atoms with Crippen molar-refractivity contribution in [2.75, 3.05) is 13.3 Å². The number of fused-ring (bicyclic) bond motifs is 1. The van der Waals surface area contributed by atoms with Gasteiger partial charge in [0.05, 0.1) is 11.6 Å². The van der Waals surface area contributed by atoms with Crippen molar-refractivity contribution in [2.24, 2.45) is 0 Å². The van der Waals surface area contributed by atoms with Gasteiger partial charge in [0.2, 0.25) is 12.6 Å². The van der Waals surface area contributed by atoms with Crippen molar-refractivity contribution in [3.63, 3.8) is 0 Å². The Morgan fingerprint density at radius 3 is 2.78 bits per heavy atom. The van der Waals surface area contributed by atoms with Crippen LogP contribution in [-0.2, 0) is 0 Å². The highest BCUT2D eigenvalue weighted by molar-refractivity contribution is 6.30. The van der Waals surface area contributed by atoms with Crippen LogP contribution in [0.2, 0.25) is 5.02 Å². The number of ether oxygens (including phenoxy) is 2. The van der Waals surface area contributed by atoms with Gasteiger partial charge in [0.25, 0.3) is 5.89 Å². The summed E-state index contributed by atoms with van der Waals surface area (Å²) >= 11 is 6.06. The molecule has 0 saturated heterocycles. The minimum absolute atomic E-state index is 0.184. The molecule has 2 aromatic carbocycles. The average Bonchev–Trinajstić information content (AvgIpc) is 3.46. The van der Waals surface area contributed by atoms with Crippen LogP contribution in [0.4, 0.5) is 4.79 Å². The third kappa shape index (κ3) is 3.48. The molecule has 1 N–H and O–H groups in total. The van der Waals surface area contributed by atoms with E-state index in [1.54, 1.807) is 29.2 Å². The van der Waals surface area contributed by atoms with Crippen LogP contribution in [0.1, 0.15) is 24.4 Å². The van der Waals surface area contributed by atoms with Crippen molar-refractivity contribution in [3.05, 3.63) is 77.3 Å². The van der Waals surface area contributed by atoms with Crippen LogP contribution in [0.3, 0.4) is 0 Å². The number of urea groups is 1. The molecular weight excluding hydrogens is 432 g/mol. The predicted octanol–water partition coefficient (Wildman–Crippen LogP) is 4.80. The zero-order valence-electron chi connectivity index (χ0n) is 17.2. The van der Waals surface area contributed by atoms with Gasteiger partial charge in [-0.3, -0.25) is 4.90 Å². The zero-order chi connectivity index (χ0) is 22.2. The molecule has 1 unspecified atom stereocenters. The first-order valence-electron chi connectivity index (χ1n) is 9.94. The van der Waals surface area contributed by atoms with Crippen molar-refractivity contribution in [2.45, 2.75) is 13.0 Å². The van der Waals surface area contributed by atoms with Gasteiger partial charge >= 0.3 is 6.03 Å². The van der Waals surface area contributed by atoms with Gasteiger partial charge in [-0.05, 0) is 42.8 Å². The average molecular weight is 451 g/mol. The molecular formula is C23H19ClN4O4. The fourth-order valence-corrected chi connectivity index (χ4v) is 3.92. The second-order valence-corrected chi connectivity index (χ2v) is 7.76. The lowest BCUT2D eigenvalue weighted by atomic mass is 9.94. The number of halogens is 1. The number of aromatic nitrogens is 2. The Kier molecular flexibility index (Phi) is 5.07. The first-order chi connectivity index (χ1) is 15.5. The highest BCUT2D eigenvalue weighted by atomic mass is 35.5. The van der Waals surface area contributed by atoms with E-state index in [-0.39, 0.29) is 12.8 Å². The molecule has 2 aliphatic heterocycles. The number of allylic oxidation sites excluding steroid dienone is 1. The van der Waals surface area contributed by atoms with Crippen LogP contribution in [0.15, 0.2) is 65.3 Å². The molecule has 3 heterocycles. The molecule has 1 atom stereocenters. The zero-order valence-corrected chi connectivity index (χ0v) is 17.9. The molecule has 1 aromatic heterocycles. The molecule has 2 amide bonds. The summed E-state index contributed by atoms with van der Waals surface area (Å²) in [6.45, 7) is 6.13. The summed E-state index contributed by atoms with van der Waals surface area (Å²) in [5, 5.41) is 7.79. The predicted molar refractivity (Wildman–Crippen MR) is 118 cm³/mol. The molecule has 162 valence electrons. The maximum atomic E-state index is 12.8. The van der Waals surface area contributed by atoms with Gasteiger partial charge in [-0.25, -0.2) is 4.79 Å². The lowest BCUT2D eigenvalue weighted by Gasteiger charge is -2.34. The molecule has 9 heteroatoms. The molecule has 0 fully saturated rings. The quantitative estimate of drug-likeness (QED) is 0.561. The lowest BCUT2D eigenvalue weighted by molar-refractivity contribution is 0.174. The van der Waals surface area contributed by atoms with Crippen molar-refractivity contribution in [3.8, 4) is 22.9 Å². The fourth-order valence-electron chi connectivity index (χ4n) is 3.80. The lowest BCUT2D eigenvalue weighted by Crippen LogP contribution is -2.46. The number of carbonyl (C=O) groups is 1. The SMILES string of the molecule is C=CCN1C(=O)NC(c2ccc(Cl)cc2)C(c2nc(-c3ccc4c(c3)OCO4)no2)=C1C. The standard InChI is InChI=1S/C23H19ClN4O4/c1-3-10-28-13(2)19(20(25-23(28)29)14-4-7-16(24)8-5-14)22-26-21(27-32-22)15-6-9-17-18(11-15)31-12-30-17/h3-9,11,20H,1,10,12H2,2H3,(H,25,29). The van der Waals surface area contributed by atoms with E-state index < -0.39 is 6.04 Å². The van der Waals surface area contributed by atoms with Crippen LogP contribution in [-0.4, -0.2) is 34.4 Å². The molecule has 32 heavy (non-hydrogen) atoms. The van der Waals surface area contributed by atoms with E-state index in [1.807, 2.05) is 31.2 Å². The maximum absolute atomic E-state index is 12.8. The van der Waals surface area contributed by atoms with E-state index in [0.717, 1.165) is 11.1 Å². The second-order valence-electron chi connectivity index (χ2n) is 7.32. The van der Waals surface area contributed by atoms with E-state index >= 15 is 0 Å². The molecule has 0 bridgehead atoms. The van der Waals surface area contributed by atoms with E-state index in [1.165, 1.54) is 0 Å². The van der Waals surface area contributed by atoms with Crippen molar-refractivity contribution in [1.29, 1.82) is 0 Å². The molecule has 0 radical (unpaired) electrons. The van der Waals surface area contributed by atoms with E-state index in [0.29, 0.717) is 46.1 Å². The first-order valence-corrected chi connectivity index (χ1v) is 10.3. The van der Waals surface area contributed by atoms with Crippen molar-refractivity contribution >= 4 is 23.2 Å². The van der Waals surface area contributed by atoms with Crippen LogP contribution in [0.5, 0.6) is 11.5 Å². The normalized spacial score (nSPS) is 17.5. The molecule has 0 aliphatic carbocycles. The number of nitrogens with zero attached hydrogens (tertiary/aromatic N) is 3. The van der Waals surface area contributed by atoms with Crippen LogP contribution in [0.25, 0.3) is 17.0 Å². The highest BCUT2D eigenvalue weighted by Crippen LogP contribution is 2.39. The monoisotopic (exact) mass is 450 g/mol. The third-order valence-corrected chi connectivity index (χ3v) is 5.65. The van der Waals surface area contributed by atoms with Crippen molar-refractivity contribution in [1.82, 2.24) is 20.4 Å². The summed E-state index contributed by atoms with van der Waals surface area (Å²) in [6, 6.07) is 12.0. The fraction of sp³-hybridized carbons (Fsp3) is 0.174. The third-order valence-electron chi connectivity index (χ3n) is 5.40.